The summed E-state index contributed by atoms with van der Waals surface area (Å²) in [4.78, 5) is 6.67. The van der Waals surface area contributed by atoms with Crippen LogP contribution in [-0.2, 0) is 0 Å². The van der Waals surface area contributed by atoms with Crippen LogP contribution in [0.3, 0.4) is 0 Å². The molecule has 0 spiro atoms. The third-order valence-electron chi connectivity index (χ3n) is 3.79. The van der Waals surface area contributed by atoms with Gasteiger partial charge in [0, 0.05) is 13.1 Å². The molecule has 2 N–H and O–H groups in total. The van der Waals surface area contributed by atoms with E-state index in [-0.39, 0.29) is 0 Å². The van der Waals surface area contributed by atoms with Gasteiger partial charge in [0.05, 0.1) is 5.69 Å². The molecular weight excluding hydrogens is 250 g/mol. The van der Waals surface area contributed by atoms with Crippen LogP contribution in [0.15, 0.2) is 24.3 Å². The first kappa shape index (κ1) is 13.0. The van der Waals surface area contributed by atoms with E-state index < -0.39 is 0 Å². The van der Waals surface area contributed by atoms with Crippen LogP contribution < -0.4 is 10.6 Å². The quantitative estimate of drug-likeness (QED) is 0.912. The number of nitrogens with two attached hydrogens (primary N) is 1. The van der Waals surface area contributed by atoms with Gasteiger partial charge in [0.25, 0.3) is 0 Å². The summed E-state index contributed by atoms with van der Waals surface area (Å²) in [6.45, 7) is 4.12. The van der Waals surface area contributed by atoms with Crippen LogP contribution in [0.2, 0.25) is 0 Å². The maximum absolute atomic E-state index is 6.02. The van der Waals surface area contributed by atoms with Crippen molar-refractivity contribution in [3.05, 3.63) is 29.8 Å². The SMILES string of the molecule is Cc1ccc(-n2nc(N3CCCCCC3)nc2N)cc1. The van der Waals surface area contributed by atoms with E-state index in [9.17, 15) is 0 Å². The molecule has 0 unspecified atom stereocenters. The molecule has 0 saturated carbocycles. The van der Waals surface area contributed by atoms with Crippen LogP contribution in [0.25, 0.3) is 5.69 Å². The van der Waals surface area contributed by atoms with Gasteiger partial charge in [-0.1, -0.05) is 30.5 Å². The first-order valence-corrected chi connectivity index (χ1v) is 7.28. The lowest BCUT2D eigenvalue weighted by Crippen LogP contribution is -2.25. The highest BCUT2D eigenvalue weighted by molar-refractivity contribution is 5.43. The Morgan fingerprint density at radius 3 is 2.30 bits per heavy atom. The van der Waals surface area contributed by atoms with E-state index in [4.69, 9.17) is 5.73 Å². The van der Waals surface area contributed by atoms with Crippen LogP contribution in [0.5, 0.6) is 0 Å². The fraction of sp³-hybridized carbons (Fsp3) is 0.467. The Kier molecular flexibility index (Phi) is 3.58. The summed E-state index contributed by atoms with van der Waals surface area (Å²) >= 11 is 0. The van der Waals surface area contributed by atoms with E-state index in [1.54, 1.807) is 4.68 Å². The van der Waals surface area contributed by atoms with Crippen molar-refractivity contribution >= 4 is 11.9 Å². The number of anilines is 2. The summed E-state index contributed by atoms with van der Waals surface area (Å²) in [6, 6.07) is 8.16. The summed E-state index contributed by atoms with van der Waals surface area (Å²) in [7, 11) is 0. The summed E-state index contributed by atoms with van der Waals surface area (Å²) < 4.78 is 1.72. The smallest absolute Gasteiger partial charge is 0.246 e. The first-order chi connectivity index (χ1) is 9.74. The molecule has 0 amide bonds. The second-order valence-corrected chi connectivity index (χ2v) is 5.42. The zero-order chi connectivity index (χ0) is 13.9. The molecule has 5 nitrogen and oxygen atoms in total. The maximum atomic E-state index is 6.02. The molecule has 1 saturated heterocycles. The topological polar surface area (TPSA) is 60.0 Å². The van der Waals surface area contributed by atoms with E-state index in [0.717, 1.165) is 24.7 Å². The summed E-state index contributed by atoms with van der Waals surface area (Å²) in [5, 5.41) is 4.58. The third kappa shape index (κ3) is 2.61. The van der Waals surface area contributed by atoms with Crippen molar-refractivity contribution in [3.8, 4) is 5.69 Å². The van der Waals surface area contributed by atoms with Gasteiger partial charge in [0.1, 0.15) is 0 Å². The second-order valence-electron chi connectivity index (χ2n) is 5.42. The zero-order valence-electron chi connectivity index (χ0n) is 11.9. The normalized spacial score (nSPS) is 16.1. The predicted octanol–water partition coefficient (Wildman–Crippen LogP) is 2.54. The van der Waals surface area contributed by atoms with E-state index in [0.29, 0.717) is 5.95 Å². The number of hydrogen-bond acceptors (Lipinski definition) is 4. The maximum Gasteiger partial charge on any atom is 0.246 e. The van der Waals surface area contributed by atoms with Crippen LogP contribution in [0.1, 0.15) is 31.2 Å². The van der Waals surface area contributed by atoms with Crippen molar-refractivity contribution in [3.63, 3.8) is 0 Å². The monoisotopic (exact) mass is 271 g/mol. The molecule has 1 aromatic carbocycles. The van der Waals surface area contributed by atoms with Crippen molar-refractivity contribution in [2.24, 2.45) is 0 Å². The zero-order valence-corrected chi connectivity index (χ0v) is 11.9. The molecule has 20 heavy (non-hydrogen) atoms. The Hall–Kier alpha value is -2.04. The average Bonchev–Trinajstić information content (AvgIpc) is 2.66. The molecule has 1 aromatic heterocycles. The number of hydrogen-bond donors (Lipinski definition) is 1. The second kappa shape index (κ2) is 5.53. The van der Waals surface area contributed by atoms with Crippen molar-refractivity contribution in [1.82, 2.24) is 14.8 Å². The average molecular weight is 271 g/mol. The number of rotatable bonds is 2. The Morgan fingerprint density at radius 1 is 1.00 bits per heavy atom. The van der Waals surface area contributed by atoms with Gasteiger partial charge in [-0.15, -0.1) is 5.10 Å². The highest BCUT2D eigenvalue weighted by atomic mass is 15.4. The molecule has 3 rings (SSSR count). The summed E-state index contributed by atoms with van der Waals surface area (Å²) in [6.07, 6.45) is 5.01. The minimum atomic E-state index is 0.452. The van der Waals surface area contributed by atoms with Crippen molar-refractivity contribution in [1.29, 1.82) is 0 Å². The minimum absolute atomic E-state index is 0.452. The van der Waals surface area contributed by atoms with Crippen LogP contribution >= 0.6 is 0 Å². The molecular formula is C15H21N5. The van der Waals surface area contributed by atoms with Gasteiger partial charge in [0.2, 0.25) is 11.9 Å². The van der Waals surface area contributed by atoms with Crippen molar-refractivity contribution in [2.75, 3.05) is 23.7 Å². The predicted molar refractivity (Wildman–Crippen MR) is 81.2 cm³/mol. The van der Waals surface area contributed by atoms with Gasteiger partial charge < -0.3 is 10.6 Å². The highest BCUT2D eigenvalue weighted by Crippen LogP contribution is 2.19. The standard InChI is InChI=1S/C15H21N5/c1-12-6-8-13(9-7-12)20-14(16)17-15(18-20)19-10-4-2-3-5-11-19/h6-9H,2-5,10-11H2,1H3,(H2,16,17,18). The lowest BCUT2D eigenvalue weighted by Gasteiger charge is -2.17. The summed E-state index contributed by atoms with van der Waals surface area (Å²) in [5.74, 6) is 1.21. The number of aromatic nitrogens is 3. The first-order valence-electron chi connectivity index (χ1n) is 7.28. The Bertz CT molecular complexity index is 564. The van der Waals surface area contributed by atoms with Crippen LogP contribution in [-0.4, -0.2) is 27.9 Å². The lowest BCUT2D eigenvalue weighted by molar-refractivity contribution is 0.726. The molecule has 0 atom stereocenters. The molecule has 1 aliphatic rings. The lowest BCUT2D eigenvalue weighted by atomic mass is 10.2. The largest absolute Gasteiger partial charge is 0.368 e. The van der Waals surface area contributed by atoms with E-state index in [1.165, 1.54) is 31.2 Å². The fourth-order valence-electron chi connectivity index (χ4n) is 2.59. The fourth-order valence-corrected chi connectivity index (χ4v) is 2.59. The molecule has 5 heteroatoms. The molecule has 0 aliphatic carbocycles. The Labute approximate surface area is 119 Å². The van der Waals surface area contributed by atoms with E-state index >= 15 is 0 Å². The molecule has 106 valence electrons. The third-order valence-corrected chi connectivity index (χ3v) is 3.79. The molecule has 2 heterocycles. The van der Waals surface area contributed by atoms with Crippen molar-refractivity contribution in [2.45, 2.75) is 32.6 Å². The number of nitrogens with zero attached hydrogens (tertiary/aromatic N) is 4. The van der Waals surface area contributed by atoms with Gasteiger partial charge in [-0.25, -0.2) is 0 Å². The summed E-state index contributed by atoms with van der Waals surface area (Å²) in [5.41, 5.74) is 8.20. The highest BCUT2D eigenvalue weighted by Gasteiger charge is 2.16. The van der Waals surface area contributed by atoms with Crippen molar-refractivity contribution < 1.29 is 0 Å². The van der Waals surface area contributed by atoms with Crippen LogP contribution in [0.4, 0.5) is 11.9 Å². The minimum Gasteiger partial charge on any atom is -0.368 e. The Balaban J connectivity index is 1.88. The van der Waals surface area contributed by atoms with E-state index in [1.807, 2.05) is 12.1 Å². The molecule has 0 bridgehead atoms. The molecule has 0 radical (unpaired) electrons. The number of aryl methyl sites for hydroxylation is 1. The molecule has 1 fully saturated rings. The van der Waals surface area contributed by atoms with Crippen LogP contribution in [0, 0.1) is 6.92 Å². The van der Waals surface area contributed by atoms with E-state index in [2.05, 4.69) is 34.0 Å². The number of benzene rings is 1. The van der Waals surface area contributed by atoms with Gasteiger partial charge in [0.15, 0.2) is 0 Å². The van der Waals surface area contributed by atoms with Gasteiger partial charge >= 0.3 is 0 Å². The molecule has 2 aromatic rings. The number of nitrogen functional groups attached to an aromatic ring is 1. The Morgan fingerprint density at radius 2 is 1.65 bits per heavy atom. The molecule has 1 aliphatic heterocycles. The van der Waals surface area contributed by atoms with Gasteiger partial charge in [-0.05, 0) is 31.9 Å². The van der Waals surface area contributed by atoms with Gasteiger partial charge in [-0.2, -0.15) is 9.67 Å². The van der Waals surface area contributed by atoms with Gasteiger partial charge in [-0.3, -0.25) is 0 Å².